The van der Waals surface area contributed by atoms with Gasteiger partial charge in [-0.05, 0) is 64.2 Å². The molecule has 118 valence electrons. The van der Waals surface area contributed by atoms with Crippen molar-refractivity contribution >= 4 is 17.0 Å². The molecule has 0 saturated heterocycles. The number of carboxylic acid groups (broad SMARTS) is 1. The Morgan fingerprint density at radius 1 is 1.27 bits per heavy atom. The van der Waals surface area contributed by atoms with Crippen LogP contribution in [0.15, 0.2) is 16.9 Å². The van der Waals surface area contributed by atoms with E-state index in [0.717, 1.165) is 24.1 Å². The Labute approximate surface area is 129 Å². The molecule has 2 rings (SSSR count). The van der Waals surface area contributed by atoms with Crippen molar-refractivity contribution in [1.82, 2.24) is 14.5 Å². The zero-order valence-electron chi connectivity index (χ0n) is 13.4. The average molecular weight is 303 g/mol. The number of fused-ring (bicyclic) bond motifs is 1. The second-order valence-corrected chi connectivity index (χ2v) is 5.80. The average Bonchev–Trinajstić information content (AvgIpc) is 2.42. The molecular formula is C16H21N3O3. The van der Waals surface area contributed by atoms with E-state index in [2.05, 4.69) is 4.98 Å². The molecule has 0 saturated carbocycles. The van der Waals surface area contributed by atoms with Crippen LogP contribution >= 0.6 is 0 Å². The molecule has 1 aromatic carbocycles. The van der Waals surface area contributed by atoms with Gasteiger partial charge in [0.05, 0.1) is 11.0 Å². The zero-order valence-corrected chi connectivity index (χ0v) is 13.4. The first-order chi connectivity index (χ1) is 10.3. The Morgan fingerprint density at radius 3 is 2.50 bits per heavy atom. The van der Waals surface area contributed by atoms with Crippen LogP contribution in [0, 0.1) is 13.8 Å². The highest BCUT2D eigenvalue weighted by atomic mass is 16.4. The van der Waals surface area contributed by atoms with Gasteiger partial charge < -0.3 is 14.6 Å². The molecule has 0 amide bonds. The van der Waals surface area contributed by atoms with E-state index in [9.17, 15) is 14.7 Å². The molecule has 6 nitrogen and oxygen atoms in total. The van der Waals surface area contributed by atoms with Crippen LogP contribution in [-0.2, 0) is 6.54 Å². The van der Waals surface area contributed by atoms with E-state index in [4.69, 9.17) is 0 Å². The molecule has 1 N–H and O–H groups in total. The second kappa shape index (κ2) is 6.27. The van der Waals surface area contributed by atoms with E-state index in [1.807, 2.05) is 45.0 Å². The Bertz CT molecular complexity index is 778. The molecule has 0 bridgehead atoms. The predicted octanol–water partition coefficient (Wildman–Crippen LogP) is 1.66. The lowest BCUT2D eigenvalue weighted by atomic mass is 10.1. The van der Waals surface area contributed by atoms with Crippen molar-refractivity contribution in [3.05, 3.63) is 39.3 Å². The van der Waals surface area contributed by atoms with Gasteiger partial charge in [0.1, 0.15) is 0 Å². The molecule has 1 aromatic heterocycles. The fourth-order valence-corrected chi connectivity index (χ4v) is 2.40. The number of carboxylic acids is 1. The molecule has 0 radical (unpaired) electrons. The summed E-state index contributed by atoms with van der Waals surface area (Å²) in [5.41, 5.74) is 2.36. The summed E-state index contributed by atoms with van der Waals surface area (Å²) in [6.45, 7) is 5.20. The predicted molar refractivity (Wildman–Crippen MR) is 85.6 cm³/mol. The van der Waals surface area contributed by atoms with E-state index in [1.165, 1.54) is 4.57 Å². The Kier molecular flexibility index (Phi) is 4.61. The van der Waals surface area contributed by atoms with Gasteiger partial charge in [0, 0.05) is 6.54 Å². The highest BCUT2D eigenvalue weighted by Gasteiger charge is 2.17. The monoisotopic (exact) mass is 303 g/mol. The summed E-state index contributed by atoms with van der Waals surface area (Å²) < 4.78 is 1.53. The Morgan fingerprint density at radius 2 is 1.91 bits per heavy atom. The summed E-state index contributed by atoms with van der Waals surface area (Å²) in [5, 5.41) is 9.20. The third-order valence-electron chi connectivity index (χ3n) is 3.75. The first kappa shape index (κ1) is 16.2. The summed E-state index contributed by atoms with van der Waals surface area (Å²) in [7, 11) is 3.92. The quantitative estimate of drug-likeness (QED) is 0.909. The van der Waals surface area contributed by atoms with Gasteiger partial charge in [-0.2, -0.15) is 0 Å². The van der Waals surface area contributed by atoms with Crippen molar-refractivity contribution in [1.29, 1.82) is 0 Å². The molecule has 0 unspecified atom stereocenters. The molecule has 0 spiro atoms. The molecule has 22 heavy (non-hydrogen) atoms. The van der Waals surface area contributed by atoms with Crippen molar-refractivity contribution in [2.45, 2.75) is 26.8 Å². The SMILES string of the molecule is Cc1cc2nc(C(=O)O)c(=O)n(CCCN(C)C)c2cc1C. The molecule has 0 aliphatic heterocycles. The number of benzene rings is 1. The number of nitrogens with zero attached hydrogens (tertiary/aromatic N) is 3. The summed E-state index contributed by atoms with van der Waals surface area (Å²) in [5.74, 6) is -1.29. The molecule has 0 fully saturated rings. The van der Waals surface area contributed by atoms with Crippen LogP contribution in [0.1, 0.15) is 28.0 Å². The third-order valence-corrected chi connectivity index (χ3v) is 3.75. The molecule has 6 heteroatoms. The van der Waals surface area contributed by atoms with Crippen LogP contribution in [0.5, 0.6) is 0 Å². The maximum absolute atomic E-state index is 12.4. The minimum atomic E-state index is -1.29. The highest BCUT2D eigenvalue weighted by Crippen LogP contribution is 2.17. The fraction of sp³-hybridized carbons (Fsp3) is 0.438. The number of hydrogen-bond donors (Lipinski definition) is 1. The maximum Gasteiger partial charge on any atom is 0.360 e. The maximum atomic E-state index is 12.4. The number of aromatic nitrogens is 2. The number of aryl methyl sites for hydroxylation is 3. The van der Waals surface area contributed by atoms with Gasteiger partial charge in [-0.3, -0.25) is 4.79 Å². The molecule has 1 heterocycles. The molecule has 2 aromatic rings. The summed E-state index contributed by atoms with van der Waals surface area (Å²) in [6.07, 6.45) is 0.762. The molecule has 0 aliphatic carbocycles. The van der Waals surface area contributed by atoms with Gasteiger partial charge >= 0.3 is 5.97 Å². The lowest BCUT2D eigenvalue weighted by molar-refractivity contribution is 0.0688. The van der Waals surface area contributed by atoms with Crippen LogP contribution in [-0.4, -0.2) is 46.2 Å². The summed E-state index contributed by atoms with van der Waals surface area (Å²) in [6, 6.07) is 3.74. The minimum absolute atomic E-state index is 0.416. The zero-order chi connectivity index (χ0) is 16.4. The Balaban J connectivity index is 2.63. The van der Waals surface area contributed by atoms with Gasteiger partial charge in [0.25, 0.3) is 5.56 Å². The lowest BCUT2D eigenvalue weighted by Gasteiger charge is -2.14. The molecule has 0 atom stereocenters. The number of carbonyl (C=O) groups is 1. The largest absolute Gasteiger partial charge is 0.476 e. The Hall–Kier alpha value is -2.21. The third kappa shape index (κ3) is 3.17. The van der Waals surface area contributed by atoms with Crippen molar-refractivity contribution in [2.75, 3.05) is 20.6 Å². The van der Waals surface area contributed by atoms with Crippen molar-refractivity contribution in [2.24, 2.45) is 0 Å². The summed E-state index contributed by atoms with van der Waals surface area (Å²) >= 11 is 0. The van der Waals surface area contributed by atoms with E-state index in [1.54, 1.807) is 0 Å². The van der Waals surface area contributed by atoms with E-state index in [-0.39, 0.29) is 0 Å². The first-order valence-electron chi connectivity index (χ1n) is 7.21. The van der Waals surface area contributed by atoms with Gasteiger partial charge in [0.2, 0.25) is 5.69 Å². The minimum Gasteiger partial charge on any atom is -0.476 e. The van der Waals surface area contributed by atoms with Crippen LogP contribution in [0.2, 0.25) is 0 Å². The van der Waals surface area contributed by atoms with E-state index in [0.29, 0.717) is 17.6 Å². The van der Waals surface area contributed by atoms with Crippen molar-refractivity contribution in [3.8, 4) is 0 Å². The second-order valence-electron chi connectivity index (χ2n) is 5.80. The molecular weight excluding hydrogens is 282 g/mol. The smallest absolute Gasteiger partial charge is 0.360 e. The van der Waals surface area contributed by atoms with Crippen LogP contribution in [0.4, 0.5) is 0 Å². The number of rotatable bonds is 5. The fourth-order valence-electron chi connectivity index (χ4n) is 2.40. The first-order valence-corrected chi connectivity index (χ1v) is 7.21. The van der Waals surface area contributed by atoms with E-state index < -0.39 is 17.2 Å². The number of aromatic carboxylic acids is 1. The summed E-state index contributed by atoms with van der Waals surface area (Å²) in [4.78, 5) is 29.7. The topological polar surface area (TPSA) is 75.4 Å². The van der Waals surface area contributed by atoms with E-state index >= 15 is 0 Å². The normalized spacial score (nSPS) is 11.3. The lowest BCUT2D eigenvalue weighted by Crippen LogP contribution is -2.29. The van der Waals surface area contributed by atoms with Crippen molar-refractivity contribution < 1.29 is 9.90 Å². The number of hydrogen-bond acceptors (Lipinski definition) is 4. The van der Waals surface area contributed by atoms with Gasteiger partial charge in [0.15, 0.2) is 0 Å². The van der Waals surface area contributed by atoms with Crippen molar-refractivity contribution in [3.63, 3.8) is 0 Å². The van der Waals surface area contributed by atoms with Crippen LogP contribution in [0.25, 0.3) is 11.0 Å². The van der Waals surface area contributed by atoms with Crippen LogP contribution in [0.3, 0.4) is 0 Å². The van der Waals surface area contributed by atoms with Gasteiger partial charge in [-0.25, -0.2) is 9.78 Å². The van der Waals surface area contributed by atoms with Crippen LogP contribution < -0.4 is 5.56 Å². The standard InChI is InChI=1S/C16H21N3O3/c1-10-8-12-13(9-11(10)2)19(7-5-6-18(3)4)15(20)14(17-12)16(21)22/h8-9H,5-7H2,1-4H3,(H,21,22). The van der Waals surface area contributed by atoms with Gasteiger partial charge in [-0.1, -0.05) is 0 Å². The molecule has 0 aliphatic rings. The highest BCUT2D eigenvalue weighted by molar-refractivity contribution is 5.88. The van der Waals surface area contributed by atoms with Gasteiger partial charge in [-0.15, -0.1) is 0 Å².